The Kier molecular flexibility index (Phi) is 3.37. The molecule has 1 amide bonds. The average Bonchev–Trinajstić information content (AvgIpc) is 2.95. The van der Waals surface area contributed by atoms with E-state index in [1.165, 1.54) is 19.3 Å². The van der Waals surface area contributed by atoms with Crippen LogP contribution in [-0.4, -0.2) is 52.0 Å². The molecule has 2 saturated carbocycles. The maximum absolute atomic E-state index is 12.9. The van der Waals surface area contributed by atoms with Crippen molar-refractivity contribution in [3.05, 3.63) is 23.8 Å². The van der Waals surface area contributed by atoms with Crippen molar-refractivity contribution in [2.24, 2.45) is 5.41 Å². The fourth-order valence-electron chi connectivity index (χ4n) is 4.26. The van der Waals surface area contributed by atoms with E-state index in [1.54, 1.807) is 0 Å². The van der Waals surface area contributed by atoms with Gasteiger partial charge in [-0.2, -0.15) is 15.4 Å². The van der Waals surface area contributed by atoms with Crippen LogP contribution in [0.5, 0.6) is 0 Å². The molecule has 6 nitrogen and oxygen atoms in total. The highest BCUT2D eigenvalue weighted by atomic mass is 16.5. The molecule has 0 aliphatic heterocycles. The van der Waals surface area contributed by atoms with Gasteiger partial charge in [0.1, 0.15) is 11.0 Å². The Hall–Kier alpha value is -1.95. The first-order valence-corrected chi connectivity index (χ1v) is 8.35. The van der Waals surface area contributed by atoms with E-state index < -0.39 is 0 Å². The summed E-state index contributed by atoms with van der Waals surface area (Å²) in [6.45, 7) is 2.79. The number of rotatable bonds is 4. The number of hydrogen-bond acceptors (Lipinski definition) is 4. The van der Waals surface area contributed by atoms with Gasteiger partial charge in [0.2, 0.25) is 0 Å². The average molecular weight is 314 g/mol. The van der Waals surface area contributed by atoms with Crippen molar-refractivity contribution in [2.75, 3.05) is 13.7 Å². The summed E-state index contributed by atoms with van der Waals surface area (Å²) >= 11 is 0. The standard InChI is InChI=1S/C17H22N4O2/c1-3-23-15-10-14(17(15)7-4-8-17)21(2)16(22)11-5-6-12-13(9-11)19-20-18-12/h5-6,9,14-15H,3-4,7-8,10H2,1-2H3,(H,18,19,20)/t14-,15+/m1/s1. The summed E-state index contributed by atoms with van der Waals surface area (Å²) in [6, 6.07) is 5.76. The lowest BCUT2D eigenvalue weighted by atomic mass is 9.50. The molecule has 6 heteroatoms. The monoisotopic (exact) mass is 314 g/mol. The van der Waals surface area contributed by atoms with Crippen molar-refractivity contribution in [1.29, 1.82) is 0 Å². The van der Waals surface area contributed by atoms with Gasteiger partial charge in [0.05, 0.1) is 6.10 Å². The van der Waals surface area contributed by atoms with Gasteiger partial charge >= 0.3 is 0 Å². The molecule has 2 fully saturated rings. The normalized spacial score (nSPS) is 25.1. The summed E-state index contributed by atoms with van der Waals surface area (Å²) in [4.78, 5) is 14.8. The topological polar surface area (TPSA) is 71.1 Å². The van der Waals surface area contributed by atoms with Crippen molar-refractivity contribution in [1.82, 2.24) is 20.3 Å². The van der Waals surface area contributed by atoms with E-state index in [0.29, 0.717) is 11.7 Å². The molecule has 122 valence electrons. The van der Waals surface area contributed by atoms with Crippen molar-refractivity contribution >= 4 is 16.9 Å². The highest BCUT2D eigenvalue weighted by molar-refractivity contribution is 5.97. The molecule has 23 heavy (non-hydrogen) atoms. The Morgan fingerprint density at radius 1 is 1.39 bits per heavy atom. The second-order valence-corrected chi connectivity index (χ2v) is 6.73. The van der Waals surface area contributed by atoms with Gasteiger partial charge in [0, 0.05) is 30.7 Å². The van der Waals surface area contributed by atoms with Crippen LogP contribution in [0.25, 0.3) is 11.0 Å². The number of nitrogens with one attached hydrogen (secondary N) is 1. The zero-order valence-corrected chi connectivity index (χ0v) is 13.6. The van der Waals surface area contributed by atoms with Gasteiger partial charge in [-0.25, -0.2) is 0 Å². The Morgan fingerprint density at radius 2 is 2.17 bits per heavy atom. The van der Waals surface area contributed by atoms with Crippen molar-refractivity contribution in [3.63, 3.8) is 0 Å². The second kappa shape index (κ2) is 5.30. The number of hydrogen-bond donors (Lipinski definition) is 1. The fraction of sp³-hybridized carbons (Fsp3) is 0.588. The van der Waals surface area contributed by atoms with Gasteiger partial charge in [-0.3, -0.25) is 4.79 Å². The van der Waals surface area contributed by atoms with Crippen LogP contribution in [-0.2, 0) is 4.74 Å². The summed E-state index contributed by atoms with van der Waals surface area (Å²) in [6.07, 6.45) is 4.85. The molecule has 2 aliphatic rings. The van der Waals surface area contributed by atoms with Crippen molar-refractivity contribution in [2.45, 2.75) is 44.8 Å². The second-order valence-electron chi connectivity index (χ2n) is 6.73. The summed E-state index contributed by atoms with van der Waals surface area (Å²) in [5, 5.41) is 10.7. The number of ether oxygens (including phenoxy) is 1. The first-order chi connectivity index (χ1) is 11.2. The minimum atomic E-state index is 0.0566. The maximum Gasteiger partial charge on any atom is 0.253 e. The van der Waals surface area contributed by atoms with E-state index >= 15 is 0 Å². The molecule has 4 rings (SSSR count). The molecule has 0 bridgehead atoms. The highest BCUT2D eigenvalue weighted by Crippen LogP contribution is 2.59. The van der Waals surface area contributed by atoms with Crippen LogP contribution < -0.4 is 0 Å². The lowest BCUT2D eigenvalue weighted by molar-refractivity contribution is -0.192. The van der Waals surface area contributed by atoms with Crippen LogP contribution in [0.1, 0.15) is 43.0 Å². The Balaban J connectivity index is 1.54. The van der Waals surface area contributed by atoms with Crippen LogP contribution in [0.4, 0.5) is 0 Å². The molecule has 1 heterocycles. The zero-order chi connectivity index (χ0) is 16.0. The maximum atomic E-state index is 12.9. The molecule has 0 unspecified atom stereocenters. The van der Waals surface area contributed by atoms with Gasteiger partial charge in [0.25, 0.3) is 5.91 Å². The molecule has 2 aliphatic carbocycles. The Bertz CT molecular complexity index is 737. The summed E-state index contributed by atoms with van der Waals surface area (Å²) in [7, 11) is 1.92. The highest BCUT2D eigenvalue weighted by Gasteiger charge is 2.60. The van der Waals surface area contributed by atoms with E-state index in [0.717, 1.165) is 24.1 Å². The van der Waals surface area contributed by atoms with E-state index in [2.05, 4.69) is 15.4 Å². The Labute approximate surface area is 135 Å². The van der Waals surface area contributed by atoms with Crippen molar-refractivity contribution in [3.8, 4) is 0 Å². The fourth-order valence-corrected chi connectivity index (χ4v) is 4.26. The third-order valence-corrected chi connectivity index (χ3v) is 5.75. The number of aromatic nitrogens is 3. The SMILES string of the molecule is CCO[C@H]1C[C@@H](N(C)C(=O)c2ccc3n[nH]nc3c2)C12CCC2. The van der Waals surface area contributed by atoms with Crippen LogP contribution in [0.15, 0.2) is 18.2 Å². The molecular formula is C17H22N4O2. The molecule has 1 aromatic heterocycles. The first kappa shape index (κ1) is 14.6. The number of carbonyl (C=O) groups is 1. The van der Waals surface area contributed by atoms with E-state index in [-0.39, 0.29) is 17.4 Å². The van der Waals surface area contributed by atoms with E-state index in [1.807, 2.05) is 37.1 Å². The molecule has 2 atom stereocenters. The van der Waals surface area contributed by atoms with E-state index in [9.17, 15) is 4.79 Å². The van der Waals surface area contributed by atoms with Gasteiger partial charge in [-0.05, 0) is 44.4 Å². The van der Waals surface area contributed by atoms with Gasteiger partial charge in [-0.1, -0.05) is 6.42 Å². The number of benzene rings is 1. The molecule has 1 N–H and O–H groups in total. The third-order valence-electron chi connectivity index (χ3n) is 5.75. The number of carbonyl (C=O) groups excluding carboxylic acids is 1. The number of aromatic amines is 1. The first-order valence-electron chi connectivity index (χ1n) is 8.35. The van der Waals surface area contributed by atoms with E-state index in [4.69, 9.17) is 4.74 Å². The molecule has 0 saturated heterocycles. The minimum absolute atomic E-state index is 0.0566. The predicted octanol–water partition coefficient (Wildman–Crippen LogP) is 2.38. The number of amides is 1. The van der Waals surface area contributed by atoms with Gasteiger partial charge in [-0.15, -0.1) is 0 Å². The number of fused-ring (bicyclic) bond motifs is 1. The largest absolute Gasteiger partial charge is 0.378 e. The zero-order valence-electron chi connectivity index (χ0n) is 13.6. The Morgan fingerprint density at radius 3 is 2.87 bits per heavy atom. The summed E-state index contributed by atoms with van der Waals surface area (Å²) < 4.78 is 5.89. The van der Waals surface area contributed by atoms with Gasteiger partial charge < -0.3 is 9.64 Å². The molecule has 1 spiro atoms. The number of H-pyrrole nitrogens is 1. The lowest BCUT2D eigenvalue weighted by Gasteiger charge is -2.63. The third kappa shape index (κ3) is 2.08. The lowest BCUT2D eigenvalue weighted by Crippen LogP contribution is -2.67. The summed E-state index contributed by atoms with van der Waals surface area (Å²) in [5.41, 5.74) is 2.37. The van der Waals surface area contributed by atoms with Crippen LogP contribution in [0.3, 0.4) is 0 Å². The van der Waals surface area contributed by atoms with Crippen LogP contribution in [0, 0.1) is 5.41 Å². The quantitative estimate of drug-likeness (QED) is 0.940. The molecule has 0 radical (unpaired) electrons. The van der Waals surface area contributed by atoms with Gasteiger partial charge in [0.15, 0.2) is 0 Å². The van der Waals surface area contributed by atoms with Crippen LogP contribution in [0.2, 0.25) is 0 Å². The molecule has 2 aromatic rings. The minimum Gasteiger partial charge on any atom is -0.378 e. The van der Waals surface area contributed by atoms with Crippen LogP contribution >= 0.6 is 0 Å². The summed E-state index contributed by atoms with van der Waals surface area (Å²) in [5.74, 6) is 0.0566. The predicted molar refractivity (Wildman–Crippen MR) is 86.1 cm³/mol. The van der Waals surface area contributed by atoms with Crippen molar-refractivity contribution < 1.29 is 9.53 Å². The molecule has 1 aromatic carbocycles. The smallest absolute Gasteiger partial charge is 0.253 e. The molecular weight excluding hydrogens is 292 g/mol. The number of nitrogens with zero attached hydrogens (tertiary/aromatic N) is 3.